The average molecular weight is 319 g/mol. The van der Waals surface area contributed by atoms with Gasteiger partial charge in [0, 0.05) is 19.4 Å². The first-order chi connectivity index (χ1) is 11.1. The fourth-order valence-corrected chi connectivity index (χ4v) is 2.76. The van der Waals surface area contributed by atoms with Crippen LogP contribution in [0.5, 0.6) is 0 Å². The highest BCUT2D eigenvalue weighted by molar-refractivity contribution is 5.76. The van der Waals surface area contributed by atoms with Crippen LogP contribution in [0.3, 0.4) is 0 Å². The van der Waals surface area contributed by atoms with Crippen LogP contribution in [-0.4, -0.2) is 41.6 Å². The fourth-order valence-electron chi connectivity index (χ4n) is 2.76. The molecular formula is C18H25NO4. The number of aliphatic carboxylic acids is 1. The molecule has 1 aliphatic rings. The van der Waals surface area contributed by atoms with E-state index in [1.54, 1.807) is 0 Å². The van der Waals surface area contributed by atoms with E-state index in [1.807, 2.05) is 4.90 Å². The number of ether oxygens (including phenoxy) is 1. The second kappa shape index (κ2) is 8.67. The molecule has 1 atom stereocenters. The van der Waals surface area contributed by atoms with E-state index in [2.05, 4.69) is 31.2 Å². The minimum Gasteiger partial charge on any atom is -0.481 e. The molecular weight excluding hydrogens is 294 g/mol. The Bertz CT molecular complexity index is 526. The van der Waals surface area contributed by atoms with Crippen molar-refractivity contribution < 1.29 is 19.4 Å². The summed E-state index contributed by atoms with van der Waals surface area (Å²) in [5.74, 6) is -0.715. The SMILES string of the molecule is CCc1ccc(C2CN(C(=O)CCCCC(=O)O)CCO2)cc1. The Morgan fingerprint density at radius 3 is 2.57 bits per heavy atom. The minimum atomic E-state index is -0.806. The molecule has 1 heterocycles. The third-order valence-corrected chi connectivity index (χ3v) is 4.21. The van der Waals surface area contributed by atoms with Crippen LogP contribution in [-0.2, 0) is 20.7 Å². The number of nitrogens with zero attached hydrogens (tertiary/aromatic N) is 1. The maximum atomic E-state index is 12.2. The number of rotatable bonds is 7. The molecule has 126 valence electrons. The lowest BCUT2D eigenvalue weighted by Crippen LogP contribution is -2.42. The number of morpholine rings is 1. The van der Waals surface area contributed by atoms with Gasteiger partial charge in [0.1, 0.15) is 6.10 Å². The molecule has 2 rings (SSSR count). The Hall–Kier alpha value is -1.88. The highest BCUT2D eigenvalue weighted by Crippen LogP contribution is 2.23. The van der Waals surface area contributed by atoms with Crippen LogP contribution in [0.2, 0.25) is 0 Å². The van der Waals surface area contributed by atoms with Crippen LogP contribution in [0, 0.1) is 0 Å². The highest BCUT2D eigenvalue weighted by atomic mass is 16.5. The first-order valence-corrected chi connectivity index (χ1v) is 8.30. The van der Waals surface area contributed by atoms with Crippen molar-refractivity contribution in [1.29, 1.82) is 0 Å². The smallest absolute Gasteiger partial charge is 0.303 e. The molecule has 23 heavy (non-hydrogen) atoms. The first-order valence-electron chi connectivity index (χ1n) is 8.30. The fraction of sp³-hybridized carbons (Fsp3) is 0.556. The second-order valence-electron chi connectivity index (χ2n) is 5.90. The largest absolute Gasteiger partial charge is 0.481 e. The molecule has 1 N–H and O–H groups in total. The molecule has 1 amide bonds. The van der Waals surface area contributed by atoms with E-state index in [1.165, 1.54) is 5.56 Å². The van der Waals surface area contributed by atoms with Crippen molar-refractivity contribution in [3.8, 4) is 0 Å². The Morgan fingerprint density at radius 1 is 1.22 bits per heavy atom. The zero-order valence-corrected chi connectivity index (χ0v) is 13.7. The van der Waals surface area contributed by atoms with Gasteiger partial charge in [-0.25, -0.2) is 0 Å². The summed E-state index contributed by atoms with van der Waals surface area (Å²) in [4.78, 5) is 24.6. The van der Waals surface area contributed by atoms with Crippen LogP contribution >= 0.6 is 0 Å². The van der Waals surface area contributed by atoms with E-state index in [0.29, 0.717) is 39.0 Å². The number of amides is 1. The Kier molecular flexibility index (Phi) is 6.59. The third kappa shape index (κ3) is 5.36. The third-order valence-electron chi connectivity index (χ3n) is 4.21. The number of benzene rings is 1. The molecule has 0 bridgehead atoms. The quantitative estimate of drug-likeness (QED) is 0.785. The van der Waals surface area contributed by atoms with E-state index in [0.717, 1.165) is 12.0 Å². The number of carbonyl (C=O) groups is 2. The molecule has 1 aliphatic heterocycles. The molecule has 0 saturated carbocycles. The van der Waals surface area contributed by atoms with Gasteiger partial charge in [-0.15, -0.1) is 0 Å². The number of hydrogen-bond donors (Lipinski definition) is 1. The number of carboxylic acids is 1. The van der Waals surface area contributed by atoms with E-state index < -0.39 is 5.97 Å². The van der Waals surface area contributed by atoms with Crippen molar-refractivity contribution in [2.24, 2.45) is 0 Å². The molecule has 1 unspecified atom stereocenters. The Balaban J connectivity index is 1.84. The van der Waals surface area contributed by atoms with Crippen molar-refractivity contribution in [3.63, 3.8) is 0 Å². The molecule has 0 aliphatic carbocycles. The molecule has 0 aromatic heterocycles. The summed E-state index contributed by atoms with van der Waals surface area (Å²) >= 11 is 0. The van der Waals surface area contributed by atoms with Gasteiger partial charge in [0.05, 0.1) is 13.2 Å². The van der Waals surface area contributed by atoms with Gasteiger partial charge in [-0.3, -0.25) is 9.59 Å². The molecule has 0 radical (unpaired) electrons. The highest BCUT2D eigenvalue weighted by Gasteiger charge is 2.25. The number of hydrogen-bond acceptors (Lipinski definition) is 3. The number of carboxylic acid groups (broad SMARTS) is 1. The van der Waals surface area contributed by atoms with Gasteiger partial charge >= 0.3 is 5.97 Å². The second-order valence-corrected chi connectivity index (χ2v) is 5.90. The summed E-state index contributed by atoms with van der Waals surface area (Å²) < 4.78 is 5.80. The summed E-state index contributed by atoms with van der Waals surface area (Å²) in [5, 5.41) is 8.61. The monoisotopic (exact) mass is 319 g/mol. The lowest BCUT2D eigenvalue weighted by Gasteiger charge is -2.33. The lowest BCUT2D eigenvalue weighted by molar-refractivity contribution is -0.140. The first kappa shape index (κ1) is 17.5. The molecule has 1 saturated heterocycles. The summed E-state index contributed by atoms with van der Waals surface area (Å²) in [5.41, 5.74) is 2.39. The molecule has 1 aromatic carbocycles. The summed E-state index contributed by atoms with van der Waals surface area (Å²) in [6.45, 7) is 3.85. The van der Waals surface area contributed by atoms with Crippen LogP contribution in [0.15, 0.2) is 24.3 Å². The van der Waals surface area contributed by atoms with Crippen LogP contribution < -0.4 is 0 Å². The van der Waals surface area contributed by atoms with Gasteiger partial charge < -0.3 is 14.7 Å². The Labute approximate surface area is 137 Å². The van der Waals surface area contributed by atoms with E-state index in [-0.39, 0.29) is 18.4 Å². The molecule has 0 spiro atoms. The number of aryl methyl sites for hydroxylation is 1. The normalized spacial score (nSPS) is 18.0. The topological polar surface area (TPSA) is 66.8 Å². The van der Waals surface area contributed by atoms with Crippen molar-refractivity contribution in [2.45, 2.75) is 45.1 Å². The number of unbranched alkanes of at least 4 members (excludes halogenated alkanes) is 1. The van der Waals surface area contributed by atoms with Crippen LogP contribution in [0.25, 0.3) is 0 Å². The lowest BCUT2D eigenvalue weighted by atomic mass is 10.0. The van der Waals surface area contributed by atoms with Gasteiger partial charge in [0.25, 0.3) is 0 Å². The zero-order chi connectivity index (χ0) is 16.7. The van der Waals surface area contributed by atoms with Crippen molar-refractivity contribution in [1.82, 2.24) is 4.90 Å². The number of carbonyl (C=O) groups excluding carboxylic acids is 1. The Morgan fingerprint density at radius 2 is 1.91 bits per heavy atom. The van der Waals surface area contributed by atoms with Gasteiger partial charge in [-0.1, -0.05) is 31.2 Å². The summed E-state index contributed by atoms with van der Waals surface area (Å²) in [6, 6.07) is 8.35. The van der Waals surface area contributed by atoms with E-state index >= 15 is 0 Å². The van der Waals surface area contributed by atoms with Gasteiger partial charge in [-0.2, -0.15) is 0 Å². The minimum absolute atomic E-state index is 0.0716. The molecule has 1 aromatic rings. The summed E-state index contributed by atoms with van der Waals surface area (Å²) in [6.07, 6.45) is 2.65. The standard InChI is InChI=1S/C18H25NO4/c1-2-14-7-9-15(10-8-14)16-13-19(11-12-23-16)17(20)5-3-4-6-18(21)22/h7-10,16H,2-6,11-13H2,1H3,(H,21,22). The molecule has 1 fully saturated rings. The van der Waals surface area contributed by atoms with Crippen LogP contribution in [0.4, 0.5) is 0 Å². The van der Waals surface area contributed by atoms with Crippen LogP contribution in [0.1, 0.15) is 49.8 Å². The average Bonchev–Trinajstić information content (AvgIpc) is 2.58. The van der Waals surface area contributed by atoms with Crippen molar-refractivity contribution in [3.05, 3.63) is 35.4 Å². The van der Waals surface area contributed by atoms with Gasteiger partial charge in [0.2, 0.25) is 5.91 Å². The summed E-state index contributed by atoms with van der Waals surface area (Å²) in [7, 11) is 0. The van der Waals surface area contributed by atoms with E-state index in [9.17, 15) is 9.59 Å². The maximum Gasteiger partial charge on any atom is 0.303 e. The molecule has 5 nitrogen and oxygen atoms in total. The molecule has 5 heteroatoms. The van der Waals surface area contributed by atoms with Gasteiger partial charge in [-0.05, 0) is 30.4 Å². The predicted molar refractivity (Wildman–Crippen MR) is 87.2 cm³/mol. The van der Waals surface area contributed by atoms with Gasteiger partial charge in [0.15, 0.2) is 0 Å². The predicted octanol–water partition coefficient (Wildman–Crippen LogP) is 2.79. The van der Waals surface area contributed by atoms with E-state index in [4.69, 9.17) is 9.84 Å². The van der Waals surface area contributed by atoms with Crippen molar-refractivity contribution >= 4 is 11.9 Å². The van der Waals surface area contributed by atoms with Crippen molar-refractivity contribution in [2.75, 3.05) is 19.7 Å². The zero-order valence-electron chi connectivity index (χ0n) is 13.7. The maximum absolute atomic E-state index is 12.2.